The second kappa shape index (κ2) is 6.86. The predicted molar refractivity (Wildman–Crippen MR) is 62.5 cm³/mol. The average molecular weight is 229 g/mol. The molecule has 1 fully saturated rings. The van der Waals surface area contributed by atoms with E-state index in [1.54, 1.807) is 7.11 Å². The number of carboxylic acids is 1. The molecule has 1 aliphatic carbocycles. The minimum Gasteiger partial charge on any atom is -0.480 e. The zero-order valence-electron chi connectivity index (χ0n) is 10.2. The summed E-state index contributed by atoms with van der Waals surface area (Å²) in [7, 11) is 1.73. The van der Waals surface area contributed by atoms with Crippen molar-refractivity contribution in [1.29, 1.82) is 0 Å². The fourth-order valence-electron chi connectivity index (χ4n) is 2.36. The van der Waals surface area contributed by atoms with Gasteiger partial charge in [0.05, 0.1) is 6.10 Å². The quantitative estimate of drug-likeness (QED) is 0.729. The summed E-state index contributed by atoms with van der Waals surface area (Å²) in [5.41, 5.74) is 0. The minimum absolute atomic E-state index is 0.294. The van der Waals surface area contributed by atoms with Crippen LogP contribution >= 0.6 is 0 Å². The number of hydrogen-bond acceptors (Lipinski definition) is 3. The van der Waals surface area contributed by atoms with Crippen LogP contribution in [0.5, 0.6) is 0 Å². The first-order chi connectivity index (χ1) is 7.67. The zero-order valence-corrected chi connectivity index (χ0v) is 10.2. The van der Waals surface area contributed by atoms with E-state index in [2.05, 4.69) is 5.32 Å². The molecule has 3 atom stereocenters. The average Bonchev–Trinajstić information content (AvgIpc) is 2.28. The van der Waals surface area contributed by atoms with Crippen LogP contribution in [0.15, 0.2) is 0 Å². The molecule has 0 spiro atoms. The molecule has 4 nitrogen and oxygen atoms in total. The molecule has 0 aliphatic heterocycles. The standard InChI is InChI=1S/C12H23NO3/c1-3-5-11(12(14)15)13-9-6-4-7-10(8-9)16-2/h9-11,13H,3-8H2,1-2H3,(H,14,15). The number of ether oxygens (including phenoxy) is 1. The van der Waals surface area contributed by atoms with Gasteiger partial charge in [-0.25, -0.2) is 0 Å². The van der Waals surface area contributed by atoms with Gasteiger partial charge in [0.25, 0.3) is 0 Å². The number of rotatable bonds is 6. The SMILES string of the molecule is CCCC(NC1CCCC(OC)C1)C(=O)O. The third-order valence-corrected chi connectivity index (χ3v) is 3.27. The number of nitrogens with one attached hydrogen (secondary N) is 1. The van der Waals surface area contributed by atoms with E-state index in [0.29, 0.717) is 18.6 Å². The minimum atomic E-state index is -0.735. The summed E-state index contributed by atoms with van der Waals surface area (Å²) in [6, 6.07) is -0.100. The summed E-state index contributed by atoms with van der Waals surface area (Å²) in [6.07, 6.45) is 6.10. The van der Waals surface area contributed by atoms with E-state index >= 15 is 0 Å². The molecule has 94 valence electrons. The Morgan fingerprint density at radius 1 is 1.56 bits per heavy atom. The second-order valence-corrected chi connectivity index (χ2v) is 4.57. The lowest BCUT2D eigenvalue weighted by molar-refractivity contribution is -0.140. The lowest BCUT2D eigenvalue weighted by Crippen LogP contribution is -2.46. The zero-order chi connectivity index (χ0) is 12.0. The largest absolute Gasteiger partial charge is 0.480 e. The Hall–Kier alpha value is -0.610. The van der Waals surface area contributed by atoms with Gasteiger partial charge in [-0.15, -0.1) is 0 Å². The van der Waals surface area contributed by atoms with Gasteiger partial charge < -0.3 is 15.2 Å². The number of aliphatic carboxylic acids is 1. The van der Waals surface area contributed by atoms with Crippen molar-refractivity contribution >= 4 is 5.97 Å². The third-order valence-electron chi connectivity index (χ3n) is 3.27. The Morgan fingerprint density at radius 3 is 2.88 bits per heavy atom. The van der Waals surface area contributed by atoms with Crippen LogP contribution in [0.4, 0.5) is 0 Å². The van der Waals surface area contributed by atoms with Gasteiger partial charge in [0, 0.05) is 13.2 Å². The van der Waals surface area contributed by atoms with Crippen molar-refractivity contribution in [3.05, 3.63) is 0 Å². The van der Waals surface area contributed by atoms with Gasteiger partial charge in [-0.2, -0.15) is 0 Å². The number of methoxy groups -OCH3 is 1. The van der Waals surface area contributed by atoms with Crippen LogP contribution in [0.1, 0.15) is 45.4 Å². The van der Waals surface area contributed by atoms with Gasteiger partial charge in [0.1, 0.15) is 6.04 Å². The lowest BCUT2D eigenvalue weighted by atomic mass is 9.92. The highest BCUT2D eigenvalue weighted by molar-refractivity contribution is 5.73. The van der Waals surface area contributed by atoms with Crippen molar-refractivity contribution in [1.82, 2.24) is 5.32 Å². The highest BCUT2D eigenvalue weighted by atomic mass is 16.5. The Bertz CT molecular complexity index is 220. The van der Waals surface area contributed by atoms with Gasteiger partial charge in [-0.3, -0.25) is 4.79 Å². The maximum Gasteiger partial charge on any atom is 0.320 e. The summed E-state index contributed by atoms with van der Waals surface area (Å²) in [5, 5.41) is 12.3. The predicted octanol–water partition coefficient (Wildman–Crippen LogP) is 1.79. The summed E-state index contributed by atoms with van der Waals surface area (Å²) in [6.45, 7) is 2.01. The van der Waals surface area contributed by atoms with Crippen LogP contribution in [0.2, 0.25) is 0 Å². The van der Waals surface area contributed by atoms with E-state index in [1.165, 1.54) is 0 Å². The highest BCUT2D eigenvalue weighted by Crippen LogP contribution is 2.21. The third kappa shape index (κ3) is 4.10. The highest BCUT2D eigenvalue weighted by Gasteiger charge is 2.26. The van der Waals surface area contributed by atoms with Gasteiger partial charge in [-0.1, -0.05) is 13.3 Å². The van der Waals surface area contributed by atoms with Crippen LogP contribution in [0, 0.1) is 0 Å². The molecule has 0 aromatic heterocycles. The first-order valence-electron chi connectivity index (χ1n) is 6.19. The maximum atomic E-state index is 11.0. The molecule has 0 amide bonds. The Labute approximate surface area is 97.4 Å². The lowest BCUT2D eigenvalue weighted by Gasteiger charge is -2.31. The number of carboxylic acid groups (broad SMARTS) is 1. The first kappa shape index (κ1) is 13.5. The number of hydrogen-bond donors (Lipinski definition) is 2. The molecular formula is C12H23NO3. The van der Waals surface area contributed by atoms with Gasteiger partial charge in [0.2, 0.25) is 0 Å². The molecule has 4 heteroatoms. The molecule has 0 heterocycles. The smallest absolute Gasteiger partial charge is 0.320 e. The molecule has 0 bridgehead atoms. The van der Waals surface area contributed by atoms with Crippen LogP contribution in [-0.4, -0.2) is 36.4 Å². The molecule has 1 rings (SSSR count). The summed E-state index contributed by atoms with van der Waals surface area (Å²) < 4.78 is 5.34. The van der Waals surface area contributed by atoms with Crippen molar-refractivity contribution < 1.29 is 14.6 Å². The molecule has 3 unspecified atom stereocenters. The molecule has 2 N–H and O–H groups in total. The molecule has 1 saturated carbocycles. The van der Waals surface area contributed by atoms with E-state index in [-0.39, 0.29) is 0 Å². The van der Waals surface area contributed by atoms with Crippen molar-refractivity contribution in [3.8, 4) is 0 Å². The molecular weight excluding hydrogens is 206 g/mol. The van der Waals surface area contributed by atoms with Crippen molar-refractivity contribution in [2.75, 3.05) is 7.11 Å². The molecule has 0 radical (unpaired) electrons. The van der Waals surface area contributed by atoms with E-state index in [0.717, 1.165) is 32.1 Å². The van der Waals surface area contributed by atoms with Crippen molar-refractivity contribution in [3.63, 3.8) is 0 Å². The summed E-state index contributed by atoms with van der Waals surface area (Å²) in [4.78, 5) is 11.0. The second-order valence-electron chi connectivity index (χ2n) is 4.57. The van der Waals surface area contributed by atoms with Gasteiger partial charge in [0.15, 0.2) is 0 Å². The monoisotopic (exact) mass is 229 g/mol. The van der Waals surface area contributed by atoms with Crippen LogP contribution in [0.3, 0.4) is 0 Å². The summed E-state index contributed by atoms with van der Waals surface area (Å²) in [5.74, 6) is -0.735. The molecule has 16 heavy (non-hydrogen) atoms. The first-order valence-corrected chi connectivity index (χ1v) is 6.19. The topological polar surface area (TPSA) is 58.6 Å². The molecule has 1 aliphatic rings. The fraction of sp³-hybridized carbons (Fsp3) is 0.917. The van der Waals surface area contributed by atoms with E-state index in [1.807, 2.05) is 6.92 Å². The van der Waals surface area contributed by atoms with E-state index in [9.17, 15) is 4.79 Å². The van der Waals surface area contributed by atoms with Crippen molar-refractivity contribution in [2.45, 2.75) is 63.6 Å². The van der Waals surface area contributed by atoms with Gasteiger partial charge in [-0.05, 0) is 32.1 Å². The Kier molecular flexibility index (Phi) is 5.77. The molecule has 0 saturated heterocycles. The van der Waals surface area contributed by atoms with Crippen LogP contribution in [0.25, 0.3) is 0 Å². The van der Waals surface area contributed by atoms with Crippen LogP contribution in [-0.2, 0) is 9.53 Å². The Balaban J connectivity index is 2.41. The number of carbonyl (C=O) groups is 1. The summed E-state index contributed by atoms with van der Waals surface area (Å²) >= 11 is 0. The van der Waals surface area contributed by atoms with E-state index < -0.39 is 12.0 Å². The van der Waals surface area contributed by atoms with Gasteiger partial charge >= 0.3 is 5.97 Å². The van der Waals surface area contributed by atoms with Crippen molar-refractivity contribution in [2.24, 2.45) is 0 Å². The fourth-order valence-corrected chi connectivity index (χ4v) is 2.36. The molecule has 0 aromatic carbocycles. The Morgan fingerprint density at radius 2 is 2.31 bits per heavy atom. The molecule has 0 aromatic rings. The van der Waals surface area contributed by atoms with Crippen LogP contribution < -0.4 is 5.32 Å². The normalized spacial score (nSPS) is 27.6. The maximum absolute atomic E-state index is 11.0. The van der Waals surface area contributed by atoms with E-state index in [4.69, 9.17) is 9.84 Å².